The van der Waals surface area contributed by atoms with Crippen LogP contribution in [0.15, 0.2) is 53.9 Å². The fourth-order valence-corrected chi connectivity index (χ4v) is 2.96. The second-order valence-corrected chi connectivity index (χ2v) is 5.96. The molecule has 2 aromatic carbocycles. The number of ether oxygens (including phenoxy) is 1. The molecule has 0 aliphatic heterocycles. The Morgan fingerprint density at radius 1 is 1.17 bits per heavy atom. The van der Waals surface area contributed by atoms with E-state index in [0.717, 1.165) is 27.6 Å². The number of thiazole rings is 1. The summed E-state index contributed by atoms with van der Waals surface area (Å²) in [7, 11) is 0. The SMILES string of the molecule is Cc1ccccc1Oc1ccc(-c2nc(CC(=O)O)cs2)cc1. The van der Waals surface area contributed by atoms with Crippen LogP contribution in [-0.4, -0.2) is 16.1 Å². The van der Waals surface area contributed by atoms with Gasteiger partial charge >= 0.3 is 5.97 Å². The van der Waals surface area contributed by atoms with Crippen LogP contribution in [0.5, 0.6) is 11.5 Å². The minimum Gasteiger partial charge on any atom is -0.481 e. The van der Waals surface area contributed by atoms with Gasteiger partial charge in [0.25, 0.3) is 0 Å². The molecule has 0 saturated carbocycles. The van der Waals surface area contributed by atoms with E-state index in [9.17, 15) is 4.79 Å². The normalized spacial score (nSPS) is 10.5. The van der Waals surface area contributed by atoms with Crippen molar-refractivity contribution in [2.45, 2.75) is 13.3 Å². The Hall–Kier alpha value is -2.66. The number of carboxylic acids is 1. The molecule has 1 heterocycles. The second-order valence-electron chi connectivity index (χ2n) is 5.11. The number of aryl methyl sites for hydroxylation is 1. The number of carboxylic acid groups (broad SMARTS) is 1. The van der Waals surface area contributed by atoms with Gasteiger partial charge in [-0.15, -0.1) is 11.3 Å². The van der Waals surface area contributed by atoms with Gasteiger partial charge in [0.1, 0.15) is 16.5 Å². The van der Waals surface area contributed by atoms with Crippen LogP contribution in [0.1, 0.15) is 11.3 Å². The Kier molecular flexibility index (Phi) is 4.39. The number of nitrogens with zero attached hydrogens (tertiary/aromatic N) is 1. The van der Waals surface area contributed by atoms with Crippen molar-refractivity contribution >= 4 is 17.3 Å². The standard InChI is InChI=1S/C18H15NO3S/c1-12-4-2-3-5-16(12)22-15-8-6-13(7-9-15)18-19-14(11-23-18)10-17(20)21/h2-9,11H,10H2,1H3,(H,20,21). The zero-order chi connectivity index (χ0) is 16.2. The molecule has 0 spiro atoms. The molecule has 23 heavy (non-hydrogen) atoms. The molecule has 0 atom stereocenters. The molecular weight excluding hydrogens is 310 g/mol. The number of aliphatic carboxylic acids is 1. The number of hydrogen-bond donors (Lipinski definition) is 1. The van der Waals surface area contributed by atoms with E-state index in [0.29, 0.717) is 5.69 Å². The highest BCUT2D eigenvalue weighted by Gasteiger charge is 2.08. The highest BCUT2D eigenvalue weighted by Crippen LogP contribution is 2.29. The van der Waals surface area contributed by atoms with Crippen LogP contribution in [-0.2, 0) is 11.2 Å². The van der Waals surface area contributed by atoms with Gasteiger partial charge in [-0.2, -0.15) is 0 Å². The van der Waals surface area contributed by atoms with Crippen molar-refractivity contribution in [3.63, 3.8) is 0 Å². The lowest BCUT2D eigenvalue weighted by molar-refractivity contribution is -0.136. The third-order valence-corrected chi connectivity index (χ3v) is 4.25. The molecule has 0 aliphatic carbocycles. The first-order chi connectivity index (χ1) is 11.1. The molecule has 0 amide bonds. The fourth-order valence-electron chi connectivity index (χ4n) is 2.14. The summed E-state index contributed by atoms with van der Waals surface area (Å²) in [6, 6.07) is 15.5. The van der Waals surface area contributed by atoms with Gasteiger partial charge in [0.05, 0.1) is 12.1 Å². The molecule has 3 aromatic rings. The summed E-state index contributed by atoms with van der Waals surface area (Å²) in [4.78, 5) is 15.1. The molecule has 0 bridgehead atoms. The van der Waals surface area contributed by atoms with Crippen LogP contribution in [0, 0.1) is 6.92 Å². The van der Waals surface area contributed by atoms with Crippen LogP contribution in [0.4, 0.5) is 0 Å². The lowest BCUT2D eigenvalue weighted by Gasteiger charge is -2.08. The molecule has 5 heteroatoms. The summed E-state index contributed by atoms with van der Waals surface area (Å²) in [5.74, 6) is 0.715. The molecule has 0 unspecified atom stereocenters. The summed E-state index contributed by atoms with van der Waals surface area (Å²) in [6.07, 6.45) is -0.0506. The number of carbonyl (C=O) groups is 1. The fraction of sp³-hybridized carbons (Fsp3) is 0.111. The predicted molar refractivity (Wildman–Crippen MR) is 90.1 cm³/mol. The van der Waals surface area contributed by atoms with Crippen molar-refractivity contribution in [1.82, 2.24) is 4.98 Å². The van der Waals surface area contributed by atoms with E-state index in [1.165, 1.54) is 11.3 Å². The Morgan fingerprint density at radius 2 is 1.91 bits per heavy atom. The first kappa shape index (κ1) is 15.2. The summed E-state index contributed by atoms with van der Waals surface area (Å²) in [5, 5.41) is 11.4. The van der Waals surface area contributed by atoms with Gasteiger partial charge in [-0.05, 0) is 42.8 Å². The van der Waals surface area contributed by atoms with Crippen LogP contribution < -0.4 is 4.74 Å². The average molecular weight is 325 g/mol. The molecule has 0 aliphatic rings. The molecule has 1 N–H and O–H groups in total. The van der Waals surface area contributed by atoms with Gasteiger partial charge in [-0.25, -0.2) is 4.98 Å². The van der Waals surface area contributed by atoms with Gasteiger partial charge in [-0.1, -0.05) is 18.2 Å². The summed E-state index contributed by atoms with van der Waals surface area (Å²) < 4.78 is 5.86. The maximum Gasteiger partial charge on any atom is 0.309 e. The minimum atomic E-state index is -0.871. The van der Waals surface area contributed by atoms with Crippen molar-refractivity contribution in [2.24, 2.45) is 0 Å². The molecule has 0 fully saturated rings. The molecule has 0 saturated heterocycles. The van der Waals surface area contributed by atoms with Crippen LogP contribution in [0.2, 0.25) is 0 Å². The lowest BCUT2D eigenvalue weighted by atomic mass is 10.2. The first-order valence-electron chi connectivity index (χ1n) is 7.12. The monoisotopic (exact) mass is 325 g/mol. The Morgan fingerprint density at radius 3 is 2.61 bits per heavy atom. The van der Waals surface area contributed by atoms with E-state index in [2.05, 4.69) is 4.98 Å². The zero-order valence-electron chi connectivity index (χ0n) is 12.5. The third-order valence-electron chi connectivity index (χ3n) is 3.31. The highest BCUT2D eigenvalue weighted by atomic mass is 32.1. The average Bonchev–Trinajstić information content (AvgIpc) is 2.98. The smallest absolute Gasteiger partial charge is 0.309 e. The van der Waals surface area contributed by atoms with Crippen molar-refractivity contribution in [1.29, 1.82) is 0 Å². The summed E-state index contributed by atoms with van der Waals surface area (Å²) >= 11 is 1.44. The van der Waals surface area contributed by atoms with Gasteiger partial charge in [0.2, 0.25) is 0 Å². The quantitative estimate of drug-likeness (QED) is 0.748. The molecule has 4 nitrogen and oxygen atoms in total. The summed E-state index contributed by atoms with van der Waals surface area (Å²) in [5.41, 5.74) is 2.61. The lowest BCUT2D eigenvalue weighted by Crippen LogP contribution is -1.99. The van der Waals surface area contributed by atoms with Crippen molar-refractivity contribution in [2.75, 3.05) is 0 Å². The highest BCUT2D eigenvalue weighted by molar-refractivity contribution is 7.13. The minimum absolute atomic E-state index is 0.0506. The number of para-hydroxylation sites is 1. The van der Waals surface area contributed by atoms with E-state index in [1.54, 1.807) is 5.38 Å². The number of benzene rings is 2. The van der Waals surface area contributed by atoms with Gasteiger partial charge in [0, 0.05) is 10.9 Å². The zero-order valence-corrected chi connectivity index (χ0v) is 13.3. The van der Waals surface area contributed by atoms with Gasteiger partial charge in [-0.3, -0.25) is 4.79 Å². The Labute approximate surface area is 138 Å². The van der Waals surface area contributed by atoms with E-state index in [-0.39, 0.29) is 6.42 Å². The molecule has 3 rings (SSSR count). The topological polar surface area (TPSA) is 59.4 Å². The van der Waals surface area contributed by atoms with Crippen LogP contribution in [0.25, 0.3) is 10.6 Å². The number of rotatable bonds is 5. The number of aromatic nitrogens is 1. The van der Waals surface area contributed by atoms with E-state index in [4.69, 9.17) is 9.84 Å². The Bertz CT molecular complexity index is 824. The first-order valence-corrected chi connectivity index (χ1v) is 8.00. The van der Waals surface area contributed by atoms with Gasteiger partial charge in [0.15, 0.2) is 0 Å². The van der Waals surface area contributed by atoms with Crippen molar-refractivity contribution in [3.8, 4) is 22.1 Å². The van der Waals surface area contributed by atoms with E-state index in [1.807, 2.05) is 55.5 Å². The predicted octanol–water partition coefficient (Wildman–Crippen LogP) is 4.54. The molecule has 116 valence electrons. The van der Waals surface area contributed by atoms with Crippen molar-refractivity contribution in [3.05, 3.63) is 65.2 Å². The van der Waals surface area contributed by atoms with Gasteiger partial charge < -0.3 is 9.84 Å². The number of hydrogen-bond acceptors (Lipinski definition) is 4. The van der Waals surface area contributed by atoms with Crippen LogP contribution >= 0.6 is 11.3 Å². The molecular formula is C18H15NO3S. The van der Waals surface area contributed by atoms with Crippen LogP contribution in [0.3, 0.4) is 0 Å². The second kappa shape index (κ2) is 6.62. The summed E-state index contributed by atoms with van der Waals surface area (Å²) in [6.45, 7) is 2.00. The molecule has 0 radical (unpaired) electrons. The third kappa shape index (κ3) is 3.76. The van der Waals surface area contributed by atoms with E-state index < -0.39 is 5.97 Å². The largest absolute Gasteiger partial charge is 0.481 e. The maximum absolute atomic E-state index is 10.7. The van der Waals surface area contributed by atoms with E-state index >= 15 is 0 Å². The van der Waals surface area contributed by atoms with Crippen molar-refractivity contribution < 1.29 is 14.6 Å². The maximum atomic E-state index is 10.7. The molecule has 1 aromatic heterocycles. The Balaban J connectivity index is 1.75.